The molecule has 0 atom stereocenters. The van der Waals surface area contributed by atoms with E-state index in [1.165, 1.54) is 12.1 Å². The van der Waals surface area contributed by atoms with Crippen LogP contribution in [-0.2, 0) is 19.6 Å². The van der Waals surface area contributed by atoms with Crippen molar-refractivity contribution in [3.05, 3.63) is 24.3 Å². The van der Waals surface area contributed by atoms with Gasteiger partial charge in [0.1, 0.15) is 5.84 Å². The third-order valence-corrected chi connectivity index (χ3v) is 6.78. The lowest BCUT2D eigenvalue weighted by atomic mass is 10.2. The molecular formula is C21H30N4O4S. The van der Waals surface area contributed by atoms with Crippen LogP contribution in [0.15, 0.2) is 33.6 Å². The molecule has 0 aromatic heterocycles. The van der Waals surface area contributed by atoms with E-state index in [0.29, 0.717) is 30.9 Å². The molecule has 0 saturated carbocycles. The fourth-order valence-corrected chi connectivity index (χ4v) is 4.89. The number of hydrogen-bond acceptors (Lipinski definition) is 4. The van der Waals surface area contributed by atoms with Gasteiger partial charge in [0.2, 0.25) is 11.8 Å². The Morgan fingerprint density at radius 2 is 1.80 bits per heavy atom. The molecular weight excluding hydrogens is 404 g/mol. The Morgan fingerprint density at radius 1 is 1.07 bits per heavy atom. The summed E-state index contributed by atoms with van der Waals surface area (Å²) in [5.74, 6) is 0.221. The van der Waals surface area contributed by atoms with Crippen molar-refractivity contribution in [2.24, 2.45) is 4.40 Å². The zero-order valence-electron chi connectivity index (χ0n) is 17.5. The highest BCUT2D eigenvalue weighted by molar-refractivity contribution is 7.90. The number of sulfonamides is 1. The van der Waals surface area contributed by atoms with Gasteiger partial charge < -0.3 is 15.1 Å². The van der Waals surface area contributed by atoms with Gasteiger partial charge in [-0.1, -0.05) is 18.9 Å². The minimum absolute atomic E-state index is 0.0117. The van der Waals surface area contributed by atoms with Crippen LogP contribution >= 0.6 is 0 Å². The van der Waals surface area contributed by atoms with Gasteiger partial charge in [-0.3, -0.25) is 9.59 Å². The summed E-state index contributed by atoms with van der Waals surface area (Å²) in [7, 11) is -2.02. The number of amides is 2. The Hall–Kier alpha value is -2.42. The van der Waals surface area contributed by atoms with Gasteiger partial charge in [0, 0.05) is 38.7 Å². The number of nitrogens with one attached hydrogen (secondary N) is 1. The lowest BCUT2D eigenvalue weighted by Crippen LogP contribution is -2.37. The average molecular weight is 435 g/mol. The topological polar surface area (TPSA) is 99.2 Å². The Bertz CT molecular complexity index is 913. The molecule has 3 rings (SSSR count). The third kappa shape index (κ3) is 6.04. The van der Waals surface area contributed by atoms with Gasteiger partial charge >= 0.3 is 0 Å². The van der Waals surface area contributed by atoms with E-state index in [4.69, 9.17) is 0 Å². The van der Waals surface area contributed by atoms with Crippen molar-refractivity contribution in [3.63, 3.8) is 0 Å². The van der Waals surface area contributed by atoms with Crippen LogP contribution in [0.2, 0.25) is 0 Å². The van der Waals surface area contributed by atoms with Gasteiger partial charge in [-0.15, -0.1) is 4.40 Å². The first kappa shape index (κ1) is 22.3. The minimum Gasteiger partial charge on any atom is -0.362 e. The van der Waals surface area contributed by atoms with Crippen molar-refractivity contribution in [2.75, 3.05) is 32.0 Å². The quantitative estimate of drug-likeness (QED) is 0.768. The Balaban J connectivity index is 1.70. The summed E-state index contributed by atoms with van der Waals surface area (Å²) in [5.41, 5.74) is 0.373. The Kier molecular flexibility index (Phi) is 7.47. The van der Waals surface area contributed by atoms with E-state index in [1.807, 2.05) is 11.9 Å². The van der Waals surface area contributed by atoms with Gasteiger partial charge in [-0.2, -0.15) is 8.42 Å². The molecule has 2 fully saturated rings. The second kappa shape index (κ2) is 10.1. The summed E-state index contributed by atoms with van der Waals surface area (Å²) in [6.45, 7) is 1.34. The summed E-state index contributed by atoms with van der Waals surface area (Å²) in [6, 6.07) is 6.10. The van der Waals surface area contributed by atoms with Gasteiger partial charge in [-0.25, -0.2) is 0 Å². The smallest absolute Gasteiger partial charge is 0.284 e. The number of nitrogens with zero attached hydrogens (tertiary/aromatic N) is 3. The number of benzene rings is 1. The molecule has 2 heterocycles. The van der Waals surface area contributed by atoms with Crippen molar-refractivity contribution in [1.29, 1.82) is 0 Å². The predicted octanol–water partition coefficient (Wildman–Crippen LogP) is 2.62. The van der Waals surface area contributed by atoms with E-state index in [9.17, 15) is 18.0 Å². The van der Waals surface area contributed by atoms with Crippen LogP contribution in [-0.4, -0.2) is 62.5 Å². The van der Waals surface area contributed by atoms with Crippen molar-refractivity contribution in [3.8, 4) is 0 Å². The standard InChI is InChI=1S/C21H30N4O4S/c1-24-13-6-2-4-11-19(24)23-30(28,29)18-10-8-9-17(15-18)22-20(26)16-25-14-7-3-5-12-21(25)27/h8-10,15H,2-7,11-14,16H2,1H3,(H,22,26)/b23-19-. The second-order valence-corrected chi connectivity index (χ2v) is 9.52. The molecule has 0 unspecified atom stereocenters. The summed E-state index contributed by atoms with van der Waals surface area (Å²) in [4.78, 5) is 28.0. The molecule has 2 aliphatic rings. The van der Waals surface area contributed by atoms with Gasteiger partial charge in [-0.05, 0) is 43.9 Å². The van der Waals surface area contributed by atoms with Crippen LogP contribution in [0.5, 0.6) is 0 Å². The van der Waals surface area contributed by atoms with E-state index in [0.717, 1.165) is 45.1 Å². The van der Waals surface area contributed by atoms with Crippen molar-refractivity contribution in [2.45, 2.75) is 56.3 Å². The van der Waals surface area contributed by atoms with Crippen LogP contribution < -0.4 is 5.32 Å². The van der Waals surface area contributed by atoms with Crippen LogP contribution in [0.3, 0.4) is 0 Å². The fourth-order valence-electron chi connectivity index (χ4n) is 3.75. The van der Waals surface area contributed by atoms with Gasteiger partial charge in [0.05, 0.1) is 11.4 Å². The Morgan fingerprint density at radius 3 is 2.60 bits per heavy atom. The molecule has 0 spiro atoms. The molecule has 1 aromatic carbocycles. The molecule has 2 aliphatic heterocycles. The fraction of sp³-hybridized carbons (Fsp3) is 0.571. The van der Waals surface area contributed by atoms with Crippen LogP contribution in [0.1, 0.15) is 51.4 Å². The highest BCUT2D eigenvalue weighted by Crippen LogP contribution is 2.20. The van der Waals surface area contributed by atoms with Crippen LogP contribution in [0.25, 0.3) is 0 Å². The highest BCUT2D eigenvalue weighted by Gasteiger charge is 2.21. The lowest BCUT2D eigenvalue weighted by molar-refractivity contribution is -0.134. The number of hydrogen-bond donors (Lipinski definition) is 1. The second-order valence-electron chi connectivity index (χ2n) is 7.92. The molecule has 0 radical (unpaired) electrons. The first-order valence-corrected chi connectivity index (χ1v) is 12.0. The zero-order valence-corrected chi connectivity index (χ0v) is 18.3. The lowest BCUT2D eigenvalue weighted by Gasteiger charge is -2.20. The summed E-state index contributed by atoms with van der Waals surface area (Å²) < 4.78 is 29.7. The van der Waals surface area contributed by atoms with Crippen molar-refractivity contribution >= 4 is 33.4 Å². The predicted molar refractivity (Wildman–Crippen MR) is 116 cm³/mol. The normalized spacial score (nSPS) is 20.0. The number of carbonyl (C=O) groups is 2. The maximum absolute atomic E-state index is 12.8. The third-order valence-electron chi connectivity index (χ3n) is 5.48. The molecule has 2 saturated heterocycles. The van der Waals surface area contributed by atoms with E-state index in [1.54, 1.807) is 17.0 Å². The SMILES string of the molecule is CN1CCCCC/C1=N/S(=O)(=O)c1cccc(NC(=O)CN2CCCCCC2=O)c1. The number of rotatable bonds is 5. The zero-order chi connectivity index (χ0) is 21.6. The van der Waals surface area contributed by atoms with E-state index in [2.05, 4.69) is 9.71 Å². The number of anilines is 1. The molecule has 8 nitrogen and oxygen atoms in total. The van der Waals surface area contributed by atoms with Crippen molar-refractivity contribution in [1.82, 2.24) is 9.80 Å². The summed E-state index contributed by atoms with van der Waals surface area (Å²) in [5, 5.41) is 2.71. The van der Waals surface area contributed by atoms with Crippen LogP contribution in [0, 0.1) is 0 Å². The maximum atomic E-state index is 12.8. The average Bonchev–Trinajstić information content (AvgIpc) is 3.02. The molecule has 30 heavy (non-hydrogen) atoms. The van der Waals surface area contributed by atoms with E-state index >= 15 is 0 Å². The van der Waals surface area contributed by atoms with Gasteiger partial charge in [0.25, 0.3) is 10.0 Å². The number of carbonyl (C=O) groups excluding carboxylic acids is 2. The molecule has 2 amide bonds. The number of likely N-dealkylation sites (tertiary alicyclic amines) is 2. The molecule has 164 valence electrons. The maximum Gasteiger partial charge on any atom is 0.284 e. The monoisotopic (exact) mass is 434 g/mol. The summed E-state index contributed by atoms with van der Waals surface area (Å²) >= 11 is 0. The minimum atomic E-state index is -3.88. The first-order chi connectivity index (χ1) is 14.3. The Labute approximate surface area is 178 Å². The largest absolute Gasteiger partial charge is 0.362 e. The number of amidine groups is 1. The molecule has 0 bridgehead atoms. The van der Waals surface area contributed by atoms with Crippen LogP contribution in [0.4, 0.5) is 5.69 Å². The molecule has 1 N–H and O–H groups in total. The molecule has 0 aliphatic carbocycles. The summed E-state index contributed by atoms with van der Waals surface area (Å²) in [6.07, 6.45) is 6.84. The van der Waals surface area contributed by atoms with E-state index < -0.39 is 10.0 Å². The van der Waals surface area contributed by atoms with Gasteiger partial charge in [0.15, 0.2) is 0 Å². The molecule has 1 aromatic rings. The molecule has 9 heteroatoms. The van der Waals surface area contributed by atoms with E-state index in [-0.39, 0.29) is 23.3 Å². The first-order valence-electron chi connectivity index (χ1n) is 10.6. The highest BCUT2D eigenvalue weighted by atomic mass is 32.2. The van der Waals surface area contributed by atoms with Crippen molar-refractivity contribution < 1.29 is 18.0 Å².